The average Bonchev–Trinajstić information content (AvgIpc) is 2.20. The zero-order valence-electron chi connectivity index (χ0n) is 11.1. The van der Waals surface area contributed by atoms with Crippen LogP contribution in [0.25, 0.3) is 0 Å². The highest BCUT2D eigenvalue weighted by Gasteiger charge is 2.21. The summed E-state index contributed by atoms with van der Waals surface area (Å²) in [5.74, 6) is 0.962. The van der Waals surface area contributed by atoms with Crippen LogP contribution in [0.5, 0.6) is 0 Å². The molecular formula is C14H26N2. The quantitative estimate of drug-likeness (QED) is 0.660. The van der Waals surface area contributed by atoms with E-state index in [9.17, 15) is 0 Å². The smallest absolute Gasteiger partial charge is 0.0683 e. The van der Waals surface area contributed by atoms with Crippen LogP contribution in [0.2, 0.25) is 0 Å². The summed E-state index contributed by atoms with van der Waals surface area (Å²) in [4.78, 5) is 2.55. The minimum absolute atomic E-state index is 0.143. The molecule has 1 aliphatic carbocycles. The first kappa shape index (κ1) is 13.5. The van der Waals surface area contributed by atoms with Crippen molar-refractivity contribution in [2.75, 3.05) is 19.6 Å². The SMILES string of the molecule is CCN(CCCC(C)(C)C#N)CC1CCC1. The Labute approximate surface area is 101 Å². The van der Waals surface area contributed by atoms with Gasteiger partial charge in [-0.2, -0.15) is 5.26 Å². The Kier molecular flexibility index (Phi) is 5.28. The van der Waals surface area contributed by atoms with Gasteiger partial charge in [0.05, 0.1) is 11.5 Å². The number of hydrogen-bond donors (Lipinski definition) is 0. The zero-order chi connectivity index (χ0) is 12.0. The Morgan fingerprint density at radius 3 is 2.50 bits per heavy atom. The second-order valence-electron chi connectivity index (χ2n) is 5.79. The molecule has 16 heavy (non-hydrogen) atoms. The van der Waals surface area contributed by atoms with Crippen molar-refractivity contribution in [1.29, 1.82) is 5.26 Å². The van der Waals surface area contributed by atoms with E-state index >= 15 is 0 Å². The summed E-state index contributed by atoms with van der Waals surface area (Å²) in [5.41, 5.74) is -0.143. The van der Waals surface area contributed by atoms with Crippen LogP contribution in [0.3, 0.4) is 0 Å². The van der Waals surface area contributed by atoms with Crippen molar-refractivity contribution >= 4 is 0 Å². The zero-order valence-corrected chi connectivity index (χ0v) is 11.1. The third kappa shape index (κ3) is 4.53. The Balaban J connectivity index is 2.16. The lowest BCUT2D eigenvalue weighted by molar-refractivity contribution is 0.178. The maximum atomic E-state index is 8.95. The van der Waals surface area contributed by atoms with E-state index in [-0.39, 0.29) is 5.41 Å². The van der Waals surface area contributed by atoms with Gasteiger partial charge >= 0.3 is 0 Å². The van der Waals surface area contributed by atoms with E-state index in [1.807, 2.05) is 13.8 Å². The molecule has 1 aliphatic rings. The number of nitrogens with zero attached hydrogens (tertiary/aromatic N) is 2. The number of rotatable bonds is 7. The molecule has 0 saturated heterocycles. The highest BCUT2D eigenvalue weighted by atomic mass is 15.1. The van der Waals surface area contributed by atoms with Crippen LogP contribution >= 0.6 is 0 Å². The molecule has 1 fully saturated rings. The minimum atomic E-state index is -0.143. The second-order valence-corrected chi connectivity index (χ2v) is 5.79. The predicted molar refractivity (Wildman–Crippen MR) is 68.1 cm³/mol. The number of hydrogen-bond acceptors (Lipinski definition) is 2. The van der Waals surface area contributed by atoms with Crippen LogP contribution in [-0.4, -0.2) is 24.5 Å². The van der Waals surface area contributed by atoms with Crippen molar-refractivity contribution in [1.82, 2.24) is 4.90 Å². The fraction of sp³-hybridized carbons (Fsp3) is 0.929. The van der Waals surface area contributed by atoms with Gasteiger partial charge < -0.3 is 4.90 Å². The van der Waals surface area contributed by atoms with Crippen LogP contribution < -0.4 is 0 Å². The van der Waals surface area contributed by atoms with E-state index in [1.165, 1.54) is 25.8 Å². The predicted octanol–water partition coefficient (Wildman–Crippen LogP) is 3.44. The summed E-state index contributed by atoms with van der Waals surface area (Å²) >= 11 is 0. The Morgan fingerprint density at radius 2 is 2.06 bits per heavy atom. The van der Waals surface area contributed by atoms with Gasteiger partial charge in [-0.25, -0.2) is 0 Å². The first-order chi connectivity index (χ1) is 7.57. The van der Waals surface area contributed by atoms with Crippen LogP contribution in [0.15, 0.2) is 0 Å². The van der Waals surface area contributed by atoms with Crippen LogP contribution in [0, 0.1) is 22.7 Å². The van der Waals surface area contributed by atoms with Crippen molar-refractivity contribution < 1.29 is 0 Å². The number of nitriles is 1. The van der Waals surface area contributed by atoms with Crippen molar-refractivity contribution in [3.63, 3.8) is 0 Å². The Morgan fingerprint density at radius 1 is 1.38 bits per heavy atom. The molecule has 0 atom stereocenters. The van der Waals surface area contributed by atoms with E-state index < -0.39 is 0 Å². The molecule has 0 aromatic carbocycles. The van der Waals surface area contributed by atoms with Gasteiger partial charge in [0.1, 0.15) is 0 Å². The van der Waals surface area contributed by atoms with Gasteiger partial charge in [0.15, 0.2) is 0 Å². The van der Waals surface area contributed by atoms with E-state index in [1.54, 1.807) is 0 Å². The summed E-state index contributed by atoms with van der Waals surface area (Å²) < 4.78 is 0. The van der Waals surface area contributed by atoms with Crippen molar-refractivity contribution in [3.05, 3.63) is 0 Å². The standard InChI is InChI=1S/C14H26N2/c1-4-16(11-13-7-5-8-13)10-6-9-14(2,3)12-15/h13H,4-11H2,1-3H3. The van der Waals surface area contributed by atoms with Crippen LogP contribution in [-0.2, 0) is 0 Å². The van der Waals surface area contributed by atoms with E-state index in [0.717, 1.165) is 31.8 Å². The molecule has 1 saturated carbocycles. The van der Waals surface area contributed by atoms with E-state index in [2.05, 4.69) is 17.9 Å². The molecule has 0 radical (unpaired) electrons. The summed E-state index contributed by atoms with van der Waals surface area (Å²) in [5, 5.41) is 8.95. The monoisotopic (exact) mass is 222 g/mol. The van der Waals surface area contributed by atoms with Gasteiger partial charge in [0.25, 0.3) is 0 Å². The summed E-state index contributed by atoms with van der Waals surface area (Å²) in [6.45, 7) is 9.92. The fourth-order valence-corrected chi connectivity index (χ4v) is 2.22. The molecule has 0 N–H and O–H groups in total. The molecule has 0 amide bonds. The topological polar surface area (TPSA) is 27.0 Å². The second kappa shape index (κ2) is 6.25. The van der Waals surface area contributed by atoms with Crippen molar-refractivity contribution in [2.24, 2.45) is 11.3 Å². The molecular weight excluding hydrogens is 196 g/mol. The van der Waals surface area contributed by atoms with Crippen LogP contribution in [0.4, 0.5) is 0 Å². The lowest BCUT2D eigenvalue weighted by atomic mass is 9.85. The first-order valence-electron chi connectivity index (χ1n) is 6.71. The van der Waals surface area contributed by atoms with Gasteiger partial charge in [-0.15, -0.1) is 0 Å². The van der Waals surface area contributed by atoms with E-state index in [0.29, 0.717) is 0 Å². The van der Waals surface area contributed by atoms with Gasteiger partial charge in [-0.3, -0.25) is 0 Å². The van der Waals surface area contributed by atoms with Gasteiger partial charge in [-0.05, 0) is 58.5 Å². The largest absolute Gasteiger partial charge is 0.303 e. The molecule has 0 aromatic heterocycles. The van der Waals surface area contributed by atoms with Gasteiger partial charge in [-0.1, -0.05) is 13.3 Å². The molecule has 0 aromatic rings. The normalized spacial score (nSPS) is 17.2. The summed E-state index contributed by atoms with van der Waals surface area (Å²) in [6, 6.07) is 2.38. The van der Waals surface area contributed by atoms with E-state index in [4.69, 9.17) is 5.26 Å². The fourth-order valence-electron chi connectivity index (χ4n) is 2.22. The highest BCUT2D eigenvalue weighted by molar-refractivity contribution is 4.91. The Hall–Kier alpha value is -0.550. The third-order valence-electron chi connectivity index (χ3n) is 3.77. The summed E-state index contributed by atoms with van der Waals surface area (Å²) in [7, 11) is 0. The van der Waals surface area contributed by atoms with Gasteiger partial charge in [0.2, 0.25) is 0 Å². The molecule has 2 nitrogen and oxygen atoms in total. The highest BCUT2D eigenvalue weighted by Crippen LogP contribution is 2.27. The maximum Gasteiger partial charge on any atom is 0.0683 e. The van der Waals surface area contributed by atoms with Crippen molar-refractivity contribution in [2.45, 2.75) is 52.9 Å². The molecule has 0 unspecified atom stereocenters. The first-order valence-corrected chi connectivity index (χ1v) is 6.71. The molecule has 0 bridgehead atoms. The molecule has 0 spiro atoms. The molecule has 1 rings (SSSR count). The average molecular weight is 222 g/mol. The van der Waals surface area contributed by atoms with Crippen molar-refractivity contribution in [3.8, 4) is 6.07 Å². The van der Waals surface area contributed by atoms with Crippen LogP contribution in [0.1, 0.15) is 52.9 Å². The lowest BCUT2D eigenvalue weighted by Crippen LogP contribution is -2.33. The molecule has 92 valence electrons. The molecule has 0 aliphatic heterocycles. The minimum Gasteiger partial charge on any atom is -0.303 e. The molecule has 2 heteroatoms. The third-order valence-corrected chi connectivity index (χ3v) is 3.77. The lowest BCUT2D eigenvalue weighted by Gasteiger charge is -2.32. The molecule has 0 heterocycles. The van der Waals surface area contributed by atoms with Gasteiger partial charge in [0, 0.05) is 6.54 Å². The Bertz CT molecular complexity index is 236. The summed E-state index contributed by atoms with van der Waals surface area (Å²) in [6.07, 6.45) is 6.47. The maximum absolute atomic E-state index is 8.95.